The van der Waals surface area contributed by atoms with Crippen molar-refractivity contribution in [1.82, 2.24) is 9.62 Å². The maximum absolute atomic E-state index is 11.3. The van der Waals surface area contributed by atoms with Crippen molar-refractivity contribution in [3.63, 3.8) is 0 Å². The van der Waals surface area contributed by atoms with E-state index in [-0.39, 0.29) is 12.2 Å². The van der Waals surface area contributed by atoms with Crippen LogP contribution in [0.15, 0.2) is 0 Å². The Labute approximate surface area is 116 Å². The van der Waals surface area contributed by atoms with Gasteiger partial charge in [0.25, 0.3) is 6.47 Å². The predicted molar refractivity (Wildman–Crippen MR) is 75.6 cm³/mol. The molecule has 1 heterocycles. The molecule has 0 bridgehead atoms. The second-order valence-corrected chi connectivity index (χ2v) is 7.03. The van der Waals surface area contributed by atoms with Gasteiger partial charge in [0, 0.05) is 12.6 Å². The zero-order chi connectivity index (χ0) is 14.9. The molecular weight excluding hydrogens is 268 g/mol. The van der Waals surface area contributed by atoms with Gasteiger partial charge in [-0.15, -0.1) is 0 Å². The van der Waals surface area contributed by atoms with E-state index in [9.17, 15) is 8.42 Å². The highest BCUT2D eigenvalue weighted by atomic mass is 32.2. The number of sulfonamides is 1. The van der Waals surface area contributed by atoms with Gasteiger partial charge in [-0.2, -0.15) is 0 Å². The summed E-state index contributed by atoms with van der Waals surface area (Å²) in [7, 11) is -3.01. The fourth-order valence-corrected chi connectivity index (χ4v) is 2.71. The van der Waals surface area contributed by atoms with Crippen LogP contribution >= 0.6 is 0 Å². The van der Waals surface area contributed by atoms with Crippen LogP contribution in [-0.2, 0) is 14.8 Å². The van der Waals surface area contributed by atoms with Crippen LogP contribution in [0.1, 0.15) is 33.6 Å². The lowest BCUT2D eigenvalue weighted by atomic mass is 9.96. The summed E-state index contributed by atoms with van der Waals surface area (Å²) in [6.07, 6.45) is 2.20. The summed E-state index contributed by atoms with van der Waals surface area (Å²) < 4.78 is 25.3. The minimum absolute atomic E-state index is 0.178. The third-order valence-electron chi connectivity index (χ3n) is 3.35. The molecule has 0 aromatic rings. The van der Waals surface area contributed by atoms with Gasteiger partial charge in [0.2, 0.25) is 10.0 Å². The average molecular weight is 294 g/mol. The molecule has 6 nitrogen and oxygen atoms in total. The molecule has 0 aliphatic carbocycles. The Morgan fingerprint density at radius 1 is 1.37 bits per heavy atom. The maximum Gasteiger partial charge on any atom is 0.290 e. The SMILES string of the molecule is CCS(=O)(=O)NCC1CCN(C(C)C)CC1.O=CO. The molecule has 0 saturated carbocycles. The number of nitrogens with one attached hydrogen (secondary N) is 1. The highest BCUT2D eigenvalue weighted by Crippen LogP contribution is 2.18. The van der Waals surface area contributed by atoms with Crippen molar-refractivity contribution in [2.75, 3.05) is 25.4 Å². The molecule has 1 aliphatic rings. The first-order valence-electron chi connectivity index (χ1n) is 6.65. The number of likely N-dealkylation sites (tertiary alicyclic amines) is 1. The lowest BCUT2D eigenvalue weighted by Crippen LogP contribution is -2.41. The van der Waals surface area contributed by atoms with E-state index in [0.717, 1.165) is 25.9 Å². The fraction of sp³-hybridized carbons (Fsp3) is 0.917. The van der Waals surface area contributed by atoms with Gasteiger partial charge in [-0.25, -0.2) is 13.1 Å². The van der Waals surface area contributed by atoms with E-state index in [2.05, 4.69) is 23.5 Å². The summed E-state index contributed by atoms with van der Waals surface area (Å²) in [4.78, 5) is 10.8. The lowest BCUT2D eigenvalue weighted by Gasteiger charge is -2.34. The first kappa shape index (κ1) is 18.3. The molecule has 1 fully saturated rings. The van der Waals surface area contributed by atoms with Gasteiger partial charge >= 0.3 is 0 Å². The van der Waals surface area contributed by atoms with Crippen LogP contribution in [0, 0.1) is 5.92 Å². The molecule has 0 unspecified atom stereocenters. The minimum Gasteiger partial charge on any atom is -0.483 e. The van der Waals surface area contributed by atoms with E-state index in [0.29, 0.717) is 18.5 Å². The number of hydrogen-bond acceptors (Lipinski definition) is 4. The second kappa shape index (κ2) is 9.28. The van der Waals surface area contributed by atoms with Crippen LogP contribution in [-0.4, -0.2) is 56.3 Å². The minimum atomic E-state index is -3.01. The van der Waals surface area contributed by atoms with Crippen LogP contribution in [0.5, 0.6) is 0 Å². The molecule has 0 aromatic heterocycles. The second-order valence-electron chi connectivity index (χ2n) is 4.93. The molecule has 0 spiro atoms. The monoisotopic (exact) mass is 294 g/mol. The van der Waals surface area contributed by atoms with Crippen molar-refractivity contribution in [1.29, 1.82) is 0 Å². The van der Waals surface area contributed by atoms with E-state index >= 15 is 0 Å². The Kier molecular flexibility index (Phi) is 8.95. The van der Waals surface area contributed by atoms with Gasteiger partial charge in [-0.3, -0.25) is 4.79 Å². The molecule has 1 aliphatic heterocycles. The molecule has 1 saturated heterocycles. The fourth-order valence-electron chi connectivity index (χ4n) is 2.02. The summed E-state index contributed by atoms with van der Waals surface area (Å²) in [6.45, 7) is 8.64. The summed E-state index contributed by atoms with van der Waals surface area (Å²) >= 11 is 0. The molecule has 2 N–H and O–H groups in total. The van der Waals surface area contributed by atoms with Crippen molar-refractivity contribution in [2.24, 2.45) is 5.92 Å². The number of rotatable bonds is 5. The molecular formula is C12H26N2O4S. The number of carboxylic acid groups (broad SMARTS) is 1. The average Bonchev–Trinajstić information content (AvgIpc) is 2.38. The molecule has 114 valence electrons. The van der Waals surface area contributed by atoms with Crippen LogP contribution < -0.4 is 4.72 Å². The molecule has 0 atom stereocenters. The lowest BCUT2D eigenvalue weighted by molar-refractivity contribution is -0.122. The number of nitrogens with zero attached hydrogens (tertiary/aromatic N) is 1. The summed E-state index contributed by atoms with van der Waals surface area (Å²) in [6, 6.07) is 0.605. The molecule has 0 amide bonds. The summed E-state index contributed by atoms with van der Waals surface area (Å²) in [5, 5.41) is 6.89. The predicted octanol–water partition coefficient (Wildman–Crippen LogP) is 0.747. The Morgan fingerprint density at radius 2 is 1.84 bits per heavy atom. The normalized spacial score (nSPS) is 17.9. The molecule has 0 radical (unpaired) electrons. The van der Waals surface area contributed by atoms with E-state index in [1.54, 1.807) is 6.92 Å². The van der Waals surface area contributed by atoms with Crippen LogP contribution in [0.4, 0.5) is 0 Å². The highest BCUT2D eigenvalue weighted by Gasteiger charge is 2.21. The Morgan fingerprint density at radius 3 is 2.21 bits per heavy atom. The maximum atomic E-state index is 11.3. The topological polar surface area (TPSA) is 86.7 Å². The Hall–Kier alpha value is -0.660. The first-order valence-corrected chi connectivity index (χ1v) is 8.30. The van der Waals surface area contributed by atoms with E-state index in [4.69, 9.17) is 9.90 Å². The first-order chi connectivity index (χ1) is 8.86. The highest BCUT2D eigenvalue weighted by molar-refractivity contribution is 7.89. The number of piperidine rings is 1. The van der Waals surface area contributed by atoms with Crippen molar-refractivity contribution in [2.45, 2.75) is 39.7 Å². The molecule has 1 rings (SSSR count). The van der Waals surface area contributed by atoms with Crippen molar-refractivity contribution >= 4 is 16.5 Å². The van der Waals surface area contributed by atoms with Crippen LogP contribution in [0.25, 0.3) is 0 Å². The van der Waals surface area contributed by atoms with Gasteiger partial charge in [0.15, 0.2) is 0 Å². The van der Waals surface area contributed by atoms with Crippen LogP contribution in [0.3, 0.4) is 0 Å². The molecule has 0 aromatic carbocycles. The van der Waals surface area contributed by atoms with E-state index in [1.807, 2.05) is 0 Å². The third kappa shape index (κ3) is 8.18. The van der Waals surface area contributed by atoms with E-state index in [1.165, 1.54) is 0 Å². The Bertz CT molecular complexity index is 336. The van der Waals surface area contributed by atoms with Gasteiger partial charge in [0.05, 0.1) is 5.75 Å². The molecule has 7 heteroatoms. The van der Waals surface area contributed by atoms with Crippen molar-refractivity contribution < 1.29 is 18.3 Å². The third-order valence-corrected chi connectivity index (χ3v) is 4.72. The smallest absolute Gasteiger partial charge is 0.290 e. The molecule has 19 heavy (non-hydrogen) atoms. The van der Waals surface area contributed by atoms with Gasteiger partial charge < -0.3 is 10.0 Å². The van der Waals surface area contributed by atoms with Gasteiger partial charge in [-0.1, -0.05) is 0 Å². The standard InChI is InChI=1S/C11H24N2O2S.CH2O2/c1-4-16(14,15)12-9-11-5-7-13(8-6-11)10(2)3;2-1-3/h10-12H,4-9H2,1-3H3;1H,(H,2,3). The van der Waals surface area contributed by atoms with Crippen molar-refractivity contribution in [3.05, 3.63) is 0 Å². The van der Waals surface area contributed by atoms with Crippen LogP contribution in [0.2, 0.25) is 0 Å². The summed E-state index contributed by atoms with van der Waals surface area (Å²) in [5.74, 6) is 0.689. The summed E-state index contributed by atoms with van der Waals surface area (Å²) in [5.41, 5.74) is 0. The van der Waals surface area contributed by atoms with Gasteiger partial charge in [0.1, 0.15) is 0 Å². The van der Waals surface area contributed by atoms with E-state index < -0.39 is 10.0 Å². The number of hydrogen-bond donors (Lipinski definition) is 2. The Balaban J connectivity index is 0.000000982. The number of carbonyl (C=O) groups is 1. The largest absolute Gasteiger partial charge is 0.483 e. The van der Waals surface area contributed by atoms with Gasteiger partial charge in [-0.05, 0) is 52.6 Å². The van der Waals surface area contributed by atoms with Crippen molar-refractivity contribution in [3.8, 4) is 0 Å². The quantitative estimate of drug-likeness (QED) is 0.731. The zero-order valence-electron chi connectivity index (χ0n) is 12.0. The zero-order valence-corrected chi connectivity index (χ0v) is 12.8.